The number of methoxy groups -OCH3 is 1. The third-order valence-electron chi connectivity index (χ3n) is 3.21. The van der Waals surface area contributed by atoms with Gasteiger partial charge in [-0.05, 0) is 24.1 Å². The highest BCUT2D eigenvalue weighted by Crippen LogP contribution is 2.11. The van der Waals surface area contributed by atoms with Gasteiger partial charge in [0, 0.05) is 20.2 Å². The van der Waals surface area contributed by atoms with Gasteiger partial charge in [-0.3, -0.25) is 4.79 Å². The van der Waals surface area contributed by atoms with Gasteiger partial charge in [0.1, 0.15) is 0 Å². The number of nitrogens with one attached hydrogen (secondary N) is 2. The Morgan fingerprint density at radius 3 is 2.71 bits per heavy atom. The lowest BCUT2D eigenvalue weighted by Crippen LogP contribution is -2.40. The van der Waals surface area contributed by atoms with Crippen molar-refractivity contribution in [2.75, 3.05) is 20.3 Å². The fourth-order valence-corrected chi connectivity index (χ4v) is 3.03. The first-order valence-electron chi connectivity index (χ1n) is 7.51. The molecule has 0 saturated heterocycles. The Morgan fingerprint density at radius 2 is 2.08 bits per heavy atom. The van der Waals surface area contributed by atoms with E-state index in [1.807, 2.05) is 6.92 Å². The van der Waals surface area contributed by atoms with Gasteiger partial charge in [-0.15, -0.1) is 12.4 Å². The minimum atomic E-state index is -3.59. The third-order valence-corrected chi connectivity index (χ3v) is 4.67. The van der Waals surface area contributed by atoms with Crippen LogP contribution in [0.25, 0.3) is 0 Å². The fraction of sp³-hybridized carbons (Fsp3) is 0.533. The average molecular weight is 380 g/mol. The lowest BCUT2D eigenvalue weighted by Gasteiger charge is -2.12. The predicted molar refractivity (Wildman–Crippen MR) is 95.5 cm³/mol. The predicted octanol–water partition coefficient (Wildman–Crippen LogP) is 0.777. The van der Waals surface area contributed by atoms with Crippen molar-refractivity contribution in [2.24, 2.45) is 5.73 Å². The maximum absolute atomic E-state index is 12.1. The van der Waals surface area contributed by atoms with Gasteiger partial charge in [0.2, 0.25) is 15.9 Å². The number of sulfonamides is 1. The smallest absolute Gasteiger partial charge is 0.240 e. The Bertz CT molecular complexity index is 610. The number of nitrogens with two attached hydrogens (primary N) is 1. The first-order chi connectivity index (χ1) is 10.9. The molecule has 0 heterocycles. The summed E-state index contributed by atoms with van der Waals surface area (Å²) in [6.45, 7) is 2.69. The normalized spacial score (nSPS) is 12.3. The summed E-state index contributed by atoms with van der Waals surface area (Å²) in [7, 11) is -2.09. The first-order valence-corrected chi connectivity index (χ1v) is 9.00. The molecule has 24 heavy (non-hydrogen) atoms. The van der Waals surface area contributed by atoms with Crippen molar-refractivity contribution >= 4 is 28.3 Å². The summed E-state index contributed by atoms with van der Waals surface area (Å²) in [4.78, 5) is 11.9. The van der Waals surface area contributed by atoms with Crippen molar-refractivity contribution < 1.29 is 17.9 Å². The molecule has 0 saturated carbocycles. The Labute approximate surface area is 149 Å². The van der Waals surface area contributed by atoms with Crippen molar-refractivity contribution in [1.82, 2.24) is 10.0 Å². The lowest BCUT2D eigenvalue weighted by atomic mass is 10.1. The molecular weight excluding hydrogens is 354 g/mol. The van der Waals surface area contributed by atoms with E-state index in [0.29, 0.717) is 18.6 Å². The molecule has 1 unspecified atom stereocenters. The zero-order valence-electron chi connectivity index (χ0n) is 13.9. The summed E-state index contributed by atoms with van der Waals surface area (Å²) in [5, 5.41) is 2.72. The molecular formula is C15H26ClN3O4S. The van der Waals surface area contributed by atoms with Crippen molar-refractivity contribution in [3.63, 3.8) is 0 Å². The van der Waals surface area contributed by atoms with Crippen LogP contribution in [0.2, 0.25) is 0 Å². The number of hydrogen-bond acceptors (Lipinski definition) is 5. The second kappa shape index (κ2) is 11.4. The maximum atomic E-state index is 12.1. The summed E-state index contributed by atoms with van der Waals surface area (Å²) in [5.74, 6) is -0.238. The summed E-state index contributed by atoms with van der Waals surface area (Å²) in [5.41, 5.74) is 6.42. The van der Waals surface area contributed by atoms with Crippen LogP contribution in [0.3, 0.4) is 0 Å². The third kappa shape index (κ3) is 7.59. The number of carbonyl (C=O) groups is 1. The molecule has 1 aromatic carbocycles. The van der Waals surface area contributed by atoms with Crippen LogP contribution in [0.1, 0.15) is 25.3 Å². The Hall–Kier alpha value is -1.19. The molecule has 0 aliphatic rings. The van der Waals surface area contributed by atoms with E-state index >= 15 is 0 Å². The van der Waals surface area contributed by atoms with Crippen LogP contribution in [-0.2, 0) is 26.1 Å². The minimum Gasteiger partial charge on any atom is -0.383 e. The molecule has 4 N–H and O–H groups in total. The van der Waals surface area contributed by atoms with Gasteiger partial charge in [-0.25, -0.2) is 13.1 Å². The van der Waals surface area contributed by atoms with E-state index < -0.39 is 16.1 Å². The standard InChI is InChI=1S/C15H25N3O4S.ClH/c1-3-5-14(16)15(19)17-11-12-6-4-7-13(10-12)23(20,21)18-8-9-22-2;/h4,6-7,10,14,18H,3,5,8-9,11,16H2,1-2H3,(H,17,19);1H. The highest BCUT2D eigenvalue weighted by atomic mass is 35.5. The van der Waals surface area contributed by atoms with E-state index in [1.54, 1.807) is 12.1 Å². The first kappa shape index (κ1) is 22.8. The van der Waals surface area contributed by atoms with Crippen LogP contribution in [0, 0.1) is 0 Å². The summed E-state index contributed by atoms with van der Waals surface area (Å²) >= 11 is 0. The quantitative estimate of drug-likeness (QED) is 0.520. The molecule has 1 aromatic rings. The topological polar surface area (TPSA) is 111 Å². The monoisotopic (exact) mass is 379 g/mol. The highest BCUT2D eigenvalue weighted by molar-refractivity contribution is 7.89. The molecule has 0 aromatic heterocycles. The molecule has 7 nitrogen and oxygen atoms in total. The van der Waals surface area contributed by atoms with Crippen LogP contribution in [0.5, 0.6) is 0 Å². The van der Waals surface area contributed by atoms with Gasteiger partial charge in [0.25, 0.3) is 0 Å². The summed E-state index contributed by atoms with van der Waals surface area (Å²) in [6.07, 6.45) is 1.44. The zero-order valence-corrected chi connectivity index (χ0v) is 15.6. The molecule has 1 atom stereocenters. The molecule has 0 aliphatic heterocycles. The number of carbonyl (C=O) groups excluding carboxylic acids is 1. The van der Waals surface area contributed by atoms with Crippen LogP contribution in [0.15, 0.2) is 29.2 Å². The van der Waals surface area contributed by atoms with Crippen LogP contribution >= 0.6 is 12.4 Å². The molecule has 9 heteroatoms. The van der Waals surface area contributed by atoms with Crippen molar-refractivity contribution in [3.05, 3.63) is 29.8 Å². The molecule has 0 bridgehead atoms. The van der Waals surface area contributed by atoms with E-state index in [-0.39, 0.29) is 36.3 Å². The molecule has 0 fully saturated rings. The maximum Gasteiger partial charge on any atom is 0.240 e. The van der Waals surface area contributed by atoms with Gasteiger partial charge in [0.05, 0.1) is 17.5 Å². The molecule has 0 spiro atoms. The minimum absolute atomic E-state index is 0. The summed E-state index contributed by atoms with van der Waals surface area (Å²) < 4.78 is 31.5. The van der Waals surface area contributed by atoms with Crippen molar-refractivity contribution in [2.45, 2.75) is 37.2 Å². The number of benzene rings is 1. The van der Waals surface area contributed by atoms with E-state index in [0.717, 1.165) is 6.42 Å². The van der Waals surface area contributed by atoms with Crippen molar-refractivity contribution in [1.29, 1.82) is 0 Å². The lowest BCUT2D eigenvalue weighted by molar-refractivity contribution is -0.122. The fourth-order valence-electron chi connectivity index (χ4n) is 1.95. The van der Waals surface area contributed by atoms with E-state index in [9.17, 15) is 13.2 Å². The van der Waals surface area contributed by atoms with Gasteiger partial charge in [-0.2, -0.15) is 0 Å². The van der Waals surface area contributed by atoms with Crippen LogP contribution in [0.4, 0.5) is 0 Å². The SMILES string of the molecule is CCCC(N)C(=O)NCc1cccc(S(=O)(=O)NCCOC)c1.Cl. The average Bonchev–Trinajstić information content (AvgIpc) is 2.53. The summed E-state index contributed by atoms with van der Waals surface area (Å²) in [6, 6.07) is 5.88. The largest absolute Gasteiger partial charge is 0.383 e. The van der Waals surface area contributed by atoms with Gasteiger partial charge >= 0.3 is 0 Å². The van der Waals surface area contributed by atoms with Crippen LogP contribution < -0.4 is 15.8 Å². The molecule has 0 aliphatic carbocycles. The second-order valence-corrected chi connectivity index (χ2v) is 6.92. The van der Waals surface area contributed by atoms with Gasteiger partial charge < -0.3 is 15.8 Å². The molecule has 138 valence electrons. The molecule has 1 amide bonds. The van der Waals surface area contributed by atoms with E-state index in [4.69, 9.17) is 10.5 Å². The number of halogens is 1. The number of amides is 1. The number of hydrogen-bond donors (Lipinski definition) is 3. The zero-order chi connectivity index (χ0) is 17.3. The van der Waals surface area contributed by atoms with E-state index in [1.165, 1.54) is 19.2 Å². The van der Waals surface area contributed by atoms with Gasteiger partial charge in [0.15, 0.2) is 0 Å². The van der Waals surface area contributed by atoms with Crippen LogP contribution in [-0.4, -0.2) is 40.6 Å². The molecule has 0 radical (unpaired) electrons. The number of rotatable bonds is 10. The Balaban J connectivity index is 0.00000529. The number of ether oxygens (including phenoxy) is 1. The Morgan fingerprint density at radius 1 is 1.38 bits per heavy atom. The highest BCUT2D eigenvalue weighted by Gasteiger charge is 2.15. The van der Waals surface area contributed by atoms with Gasteiger partial charge in [-0.1, -0.05) is 25.5 Å². The Kier molecular flexibility index (Phi) is 10.8. The molecule has 1 rings (SSSR count). The second-order valence-electron chi connectivity index (χ2n) is 5.15. The van der Waals surface area contributed by atoms with E-state index in [2.05, 4.69) is 10.0 Å². The van der Waals surface area contributed by atoms with Crippen molar-refractivity contribution in [3.8, 4) is 0 Å².